The fraction of sp³-hybridized carbons (Fsp3) is 0.250. The van der Waals surface area contributed by atoms with Crippen LogP contribution < -0.4 is 15.4 Å². The lowest BCUT2D eigenvalue weighted by atomic mass is 9.99. The number of hydrogen-bond donors (Lipinski definition) is 5. The van der Waals surface area contributed by atoms with E-state index in [-0.39, 0.29) is 24.3 Å². The summed E-state index contributed by atoms with van der Waals surface area (Å²) in [5.41, 5.74) is 18.7. The van der Waals surface area contributed by atoms with Gasteiger partial charge in [0.2, 0.25) is 0 Å². The second-order valence-corrected chi connectivity index (χ2v) is 24.8. The first-order valence-electron chi connectivity index (χ1n) is 32.7. The fourth-order valence-corrected chi connectivity index (χ4v) is 11.6. The summed E-state index contributed by atoms with van der Waals surface area (Å²) in [7, 11) is 9.85. The van der Waals surface area contributed by atoms with Gasteiger partial charge in [-0.1, -0.05) is 71.9 Å². The Morgan fingerprint density at radius 1 is 0.495 bits per heavy atom. The number of fused-ring (bicyclic) bond motifs is 4. The lowest BCUT2D eigenvalue weighted by Crippen LogP contribution is -2.31. The van der Waals surface area contributed by atoms with Crippen LogP contribution in [0.4, 0.5) is 5.69 Å². The highest BCUT2D eigenvalue weighted by Gasteiger charge is 2.20. The van der Waals surface area contributed by atoms with Crippen LogP contribution >= 0.6 is 0 Å². The van der Waals surface area contributed by atoms with Gasteiger partial charge in [-0.2, -0.15) is 0 Å². The van der Waals surface area contributed by atoms with E-state index in [1.807, 2.05) is 134 Å². The van der Waals surface area contributed by atoms with Crippen LogP contribution in [0.1, 0.15) is 60.7 Å². The SMILES string of the molecule is CN(C)CCCOc1ccc(-c2nc3cc(-c4ccc5[nH]c(-c6ccc(C(=O)NCCCn7cc(COCCOCCN(C)C(=O)c8ccc(C9=Nc%10cc(-c%11ccc%12[nH]c(-c%13ccc(C(=O)NCCN(C)C)cc%13)nc%12c%11)ccc%10C9)cc8)nn7)cc6)nc5c4)ccc3[nH]2)cc1. The second kappa shape index (κ2) is 29.8. The van der Waals surface area contributed by atoms with Crippen molar-refractivity contribution in [1.82, 2.24) is 70.2 Å². The zero-order valence-electron chi connectivity index (χ0n) is 55.1. The van der Waals surface area contributed by atoms with Crippen LogP contribution in [0.5, 0.6) is 5.75 Å². The van der Waals surface area contributed by atoms with Gasteiger partial charge in [0.1, 0.15) is 28.9 Å². The van der Waals surface area contributed by atoms with Crippen molar-refractivity contribution < 1.29 is 28.6 Å². The first kappa shape index (κ1) is 64.7. The Morgan fingerprint density at radius 2 is 0.990 bits per heavy atom. The molecule has 0 atom stereocenters. The number of rotatable bonds is 29. The maximum absolute atomic E-state index is 13.4. The summed E-state index contributed by atoms with van der Waals surface area (Å²) in [4.78, 5) is 75.1. The van der Waals surface area contributed by atoms with E-state index in [0.717, 1.165) is 131 Å². The zero-order chi connectivity index (χ0) is 66.8. The highest BCUT2D eigenvalue weighted by Crippen LogP contribution is 2.36. The van der Waals surface area contributed by atoms with Gasteiger partial charge in [-0.05, 0) is 178 Å². The summed E-state index contributed by atoms with van der Waals surface area (Å²) in [5.74, 6) is 2.75. The van der Waals surface area contributed by atoms with Crippen molar-refractivity contribution in [3.05, 3.63) is 210 Å². The van der Waals surface area contributed by atoms with E-state index in [2.05, 4.69) is 116 Å². The van der Waals surface area contributed by atoms with E-state index < -0.39 is 0 Å². The Labute approximate surface area is 562 Å². The molecule has 8 aromatic carbocycles. The Hall–Kier alpha value is -11.0. The summed E-state index contributed by atoms with van der Waals surface area (Å²) in [5, 5.41) is 14.4. The summed E-state index contributed by atoms with van der Waals surface area (Å²) in [6, 6.07) is 55.6. The third kappa shape index (κ3) is 15.9. The van der Waals surface area contributed by atoms with E-state index in [4.69, 9.17) is 34.2 Å². The van der Waals surface area contributed by atoms with Gasteiger partial charge in [0.25, 0.3) is 17.7 Å². The first-order chi connectivity index (χ1) is 47.3. The number of aromatic nitrogens is 9. The molecule has 3 amide bonds. The molecule has 0 fully saturated rings. The third-order valence-corrected chi connectivity index (χ3v) is 17.1. The number of aromatic amines is 3. The van der Waals surface area contributed by atoms with Crippen LogP contribution in [-0.4, -0.2) is 177 Å². The van der Waals surface area contributed by atoms with Gasteiger partial charge < -0.3 is 54.5 Å². The van der Waals surface area contributed by atoms with E-state index in [0.29, 0.717) is 93.7 Å². The fourth-order valence-electron chi connectivity index (χ4n) is 11.6. The van der Waals surface area contributed by atoms with Gasteiger partial charge in [0.05, 0.1) is 83.7 Å². The number of hydrogen-bond acceptors (Lipinski definition) is 14. The number of aryl methyl sites for hydroxylation is 1. The number of ether oxygens (including phenoxy) is 3. The Morgan fingerprint density at radius 3 is 1.56 bits per heavy atom. The predicted octanol–water partition coefficient (Wildman–Crippen LogP) is 11.7. The van der Waals surface area contributed by atoms with Crippen LogP contribution in [-0.2, 0) is 29.0 Å². The molecule has 21 heteroatoms. The van der Waals surface area contributed by atoms with Crippen molar-refractivity contribution in [3.8, 4) is 62.2 Å². The number of imidazole rings is 3. The van der Waals surface area contributed by atoms with E-state index in [1.165, 1.54) is 0 Å². The van der Waals surface area contributed by atoms with Crippen LogP contribution in [0.2, 0.25) is 0 Å². The molecule has 492 valence electrons. The molecule has 5 heterocycles. The standard InChI is InChI=1S/C76H77N15O6/c1-88(2)34-7-38-97-62-27-22-52(23-28-62)73-82-65-31-26-59(45-70(65)85-73)58-25-30-64-69(44-58)84-71(81-64)50-10-14-53(15-11-50)74(92)77-32-6-35-91-47-61(86-87-91)48-96-41-40-95-39-37-90(5)76(94)55-18-8-49(9-19-55)66-46-60-21-20-56(42-67(60)79-66)57-24-29-63-68(43-57)83-72(80-63)51-12-16-54(17-13-51)75(93)78-33-36-89(3)4/h8-31,42-45,47H,6-7,32-41,46,48H2,1-5H3,(H,77,92)(H,78,93)(H,80,83)(H,81,84)(H,82,85). The van der Waals surface area contributed by atoms with E-state index in [9.17, 15) is 14.4 Å². The summed E-state index contributed by atoms with van der Waals surface area (Å²) >= 11 is 0. The highest BCUT2D eigenvalue weighted by atomic mass is 16.5. The number of H-pyrrole nitrogens is 3. The highest BCUT2D eigenvalue weighted by molar-refractivity contribution is 6.07. The number of likely N-dealkylation sites (N-methyl/N-ethyl adjacent to an activating group) is 2. The van der Waals surface area contributed by atoms with Gasteiger partial charge >= 0.3 is 0 Å². The van der Waals surface area contributed by atoms with Crippen molar-refractivity contribution in [2.24, 2.45) is 4.99 Å². The molecule has 1 aliphatic heterocycles. The molecular weight excluding hydrogens is 1220 g/mol. The minimum atomic E-state index is -0.161. The van der Waals surface area contributed by atoms with E-state index in [1.54, 1.807) is 16.6 Å². The van der Waals surface area contributed by atoms with Gasteiger partial charge in [-0.15, -0.1) is 5.10 Å². The molecule has 0 unspecified atom stereocenters. The van der Waals surface area contributed by atoms with Crippen LogP contribution in [0.15, 0.2) is 181 Å². The van der Waals surface area contributed by atoms with Crippen molar-refractivity contribution >= 4 is 62.2 Å². The van der Waals surface area contributed by atoms with Gasteiger partial charge in [0, 0.05) is 86.1 Å². The quantitative estimate of drug-likeness (QED) is 0.0274. The van der Waals surface area contributed by atoms with Gasteiger partial charge in [0.15, 0.2) is 0 Å². The summed E-state index contributed by atoms with van der Waals surface area (Å²) in [6.45, 7) is 5.81. The molecule has 0 saturated heterocycles. The minimum absolute atomic E-state index is 0.0957. The Bertz CT molecular complexity index is 4780. The molecule has 13 rings (SSSR count). The molecular formula is C76H77N15O6. The maximum Gasteiger partial charge on any atom is 0.253 e. The average molecular weight is 1300 g/mol. The monoisotopic (exact) mass is 1300 g/mol. The smallest absolute Gasteiger partial charge is 0.253 e. The van der Waals surface area contributed by atoms with Gasteiger partial charge in [-0.25, -0.2) is 15.0 Å². The lowest BCUT2D eigenvalue weighted by molar-refractivity contribution is 0.0322. The molecule has 5 N–H and O–H groups in total. The molecule has 97 heavy (non-hydrogen) atoms. The van der Waals surface area contributed by atoms with Crippen LogP contribution in [0.25, 0.3) is 89.5 Å². The second-order valence-electron chi connectivity index (χ2n) is 24.8. The number of nitrogens with one attached hydrogen (secondary N) is 5. The zero-order valence-corrected chi connectivity index (χ0v) is 55.1. The molecule has 0 bridgehead atoms. The molecule has 0 aliphatic carbocycles. The van der Waals surface area contributed by atoms with Crippen molar-refractivity contribution in [1.29, 1.82) is 0 Å². The minimum Gasteiger partial charge on any atom is -0.494 e. The van der Waals surface area contributed by atoms with Crippen LogP contribution in [0.3, 0.4) is 0 Å². The Balaban J connectivity index is 0.499. The lowest BCUT2D eigenvalue weighted by Gasteiger charge is -2.17. The summed E-state index contributed by atoms with van der Waals surface area (Å²) < 4.78 is 19.3. The number of carbonyl (C=O) groups excluding carboxylic acids is 3. The number of aliphatic imine (C=N–C) groups is 1. The van der Waals surface area contributed by atoms with E-state index >= 15 is 0 Å². The number of carbonyl (C=O) groups is 3. The maximum atomic E-state index is 13.4. The topological polar surface area (TPSA) is 242 Å². The molecule has 0 radical (unpaired) electrons. The predicted molar refractivity (Wildman–Crippen MR) is 379 cm³/mol. The largest absolute Gasteiger partial charge is 0.494 e. The summed E-state index contributed by atoms with van der Waals surface area (Å²) in [6.07, 6.45) is 4.16. The van der Waals surface area contributed by atoms with Crippen LogP contribution in [0, 0.1) is 0 Å². The molecule has 0 spiro atoms. The molecule has 4 aromatic heterocycles. The van der Waals surface area contributed by atoms with Crippen molar-refractivity contribution in [2.75, 3.05) is 94.4 Å². The molecule has 1 aliphatic rings. The average Bonchev–Trinajstić information content (AvgIpc) is 1.71. The van der Waals surface area contributed by atoms with Crippen molar-refractivity contribution in [2.45, 2.75) is 32.4 Å². The molecule has 21 nitrogen and oxygen atoms in total. The Kier molecular flexibility index (Phi) is 19.9. The molecule has 0 saturated carbocycles. The first-order valence-corrected chi connectivity index (χ1v) is 32.7. The number of benzene rings is 8. The number of amides is 3. The molecule has 12 aromatic rings. The third-order valence-electron chi connectivity index (χ3n) is 17.1. The number of nitrogens with zero attached hydrogens (tertiary/aromatic N) is 10. The van der Waals surface area contributed by atoms with Crippen molar-refractivity contribution in [3.63, 3.8) is 0 Å². The van der Waals surface area contributed by atoms with Gasteiger partial charge in [-0.3, -0.25) is 24.1 Å². The normalized spacial score (nSPS) is 12.1.